The number of oxazole rings is 1. The first kappa shape index (κ1) is 20.3. The second-order valence-electron chi connectivity index (χ2n) is 7.07. The number of nitro benzene ring substituents is 1. The number of para-hydroxylation sites is 2. The SMILES string of the molecule is CCn1c(CNC(=O)CCCn2c(=O)oc3cc([N+](=O)[O-])ccc32)nc2ccccc21. The van der Waals surface area contributed by atoms with Gasteiger partial charge in [-0.15, -0.1) is 0 Å². The lowest BCUT2D eigenvalue weighted by Gasteiger charge is -2.08. The molecule has 4 rings (SSSR count). The fourth-order valence-electron chi connectivity index (χ4n) is 3.66. The van der Waals surface area contributed by atoms with Gasteiger partial charge in [-0.1, -0.05) is 12.1 Å². The molecule has 0 aliphatic rings. The summed E-state index contributed by atoms with van der Waals surface area (Å²) >= 11 is 0. The lowest BCUT2D eigenvalue weighted by molar-refractivity contribution is -0.384. The molecule has 4 aromatic rings. The molecule has 1 N–H and O–H groups in total. The van der Waals surface area contributed by atoms with Crippen molar-refractivity contribution in [3.8, 4) is 0 Å². The number of benzene rings is 2. The molecule has 0 spiro atoms. The van der Waals surface area contributed by atoms with Crippen molar-refractivity contribution in [1.29, 1.82) is 0 Å². The minimum atomic E-state index is -0.604. The summed E-state index contributed by atoms with van der Waals surface area (Å²) in [6, 6.07) is 11.8. The first-order valence-electron chi connectivity index (χ1n) is 9.96. The number of nitrogens with one attached hydrogen (secondary N) is 1. The van der Waals surface area contributed by atoms with E-state index in [1.165, 1.54) is 22.8 Å². The zero-order chi connectivity index (χ0) is 22.0. The molecule has 0 aliphatic heterocycles. The third-order valence-corrected chi connectivity index (χ3v) is 5.14. The number of aryl methyl sites for hydroxylation is 2. The van der Waals surface area contributed by atoms with Gasteiger partial charge >= 0.3 is 5.76 Å². The number of hydrogen-bond acceptors (Lipinski definition) is 6. The zero-order valence-corrected chi connectivity index (χ0v) is 16.9. The van der Waals surface area contributed by atoms with Gasteiger partial charge in [0.15, 0.2) is 5.58 Å². The van der Waals surface area contributed by atoms with Crippen LogP contribution in [0.15, 0.2) is 51.7 Å². The van der Waals surface area contributed by atoms with E-state index in [9.17, 15) is 19.7 Å². The van der Waals surface area contributed by atoms with Crippen molar-refractivity contribution in [2.24, 2.45) is 0 Å². The van der Waals surface area contributed by atoms with Gasteiger partial charge < -0.3 is 14.3 Å². The van der Waals surface area contributed by atoms with Crippen LogP contribution in [0.5, 0.6) is 0 Å². The Kier molecular flexibility index (Phi) is 5.52. The number of nitro groups is 1. The van der Waals surface area contributed by atoms with Gasteiger partial charge in [0.2, 0.25) is 5.91 Å². The minimum absolute atomic E-state index is 0.147. The molecule has 0 bridgehead atoms. The van der Waals surface area contributed by atoms with Crippen molar-refractivity contribution in [3.63, 3.8) is 0 Å². The maximum atomic E-state index is 12.3. The molecule has 0 radical (unpaired) electrons. The summed E-state index contributed by atoms with van der Waals surface area (Å²) in [6.45, 7) is 3.37. The zero-order valence-electron chi connectivity index (χ0n) is 16.9. The summed E-state index contributed by atoms with van der Waals surface area (Å²) in [5, 5.41) is 13.7. The van der Waals surface area contributed by atoms with Gasteiger partial charge in [-0.25, -0.2) is 9.78 Å². The fraction of sp³-hybridized carbons (Fsp3) is 0.286. The third-order valence-electron chi connectivity index (χ3n) is 5.14. The summed E-state index contributed by atoms with van der Waals surface area (Å²) < 4.78 is 8.54. The van der Waals surface area contributed by atoms with Crippen LogP contribution in [0.25, 0.3) is 22.1 Å². The third kappa shape index (κ3) is 4.04. The number of nitrogens with zero attached hydrogens (tertiary/aromatic N) is 4. The van der Waals surface area contributed by atoms with Crippen molar-refractivity contribution < 1.29 is 14.1 Å². The Bertz CT molecular complexity index is 1330. The van der Waals surface area contributed by atoms with Crippen molar-refractivity contribution in [3.05, 3.63) is 69.0 Å². The highest BCUT2D eigenvalue weighted by molar-refractivity contribution is 5.78. The van der Waals surface area contributed by atoms with Gasteiger partial charge in [0, 0.05) is 25.6 Å². The van der Waals surface area contributed by atoms with Crippen LogP contribution in [-0.2, 0) is 24.4 Å². The predicted molar refractivity (Wildman–Crippen MR) is 114 cm³/mol. The number of carbonyl (C=O) groups excluding carboxylic acids is 1. The lowest BCUT2D eigenvalue weighted by atomic mass is 10.2. The highest BCUT2D eigenvalue weighted by atomic mass is 16.6. The van der Waals surface area contributed by atoms with Gasteiger partial charge in [-0.3, -0.25) is 19.5 Å². The fourth-order valence-corrected chi connectivity index (χ4v) is 3.66. The van der Waals surface area contributed by atoms with Crippen LogP contribution in [0, 0.1) is 10.1 Å². The van der Waals surface area contributed by atoms with Crippen LogP contribution in [-0.4, -0.2) is 24.9 Å². The summed E-state index contributed by atoms with van der Waals surface area (Å²) in [5.74, 6) is 0.0365. The van der Waals surface area contributed by atoms with Gasteiger partial charge in [0.25, 0.3) is 5.69 Å². The molecule has 10 heteroatoms. The van der Waals surface area contributed by atoms with E-state index >= 15 is 0 Å². The van der Waals surface area contributed by atoms with Crippen LogP contribution < -0.4 is 11.1 Å². The van der Waals surface area contributed by atoms with E-state index in [2.05, 4.69) is 14.9 Å². The van der Waals surface area contributed by atoms with E-state index in [-0.39, 0.29) is 30.1 Å². The second-order valence-corrected chi connectivity index (χ2v) is 7.07. The first-order chi connectivity index (χ1) is 15.0. The number of carbonyl (C=O) groups is 1. The average Bonchev–Trinajstić information content (AvgIpc) is 3.28. The highest BCUT2D eigenvalue weighted by Crippen LogP contribution is 2.20. The second kappa shape index (κ2) is 8.42. The number of rotatable bonds is 8. The van der Waals surface area contributed by atoms with Crippen LogP contribution in [0.2, 0.25) is 0 Å². The first-order valence-corrected chi connectivity index (χ1v) is 9.96. The van der Waals surface area contributed by atoms with Crippen molar-refractivity contribution in [1.82, 2.24) is 19.4 Å². The monoisotopic (exact) mass is 423 g/mol. The Morgan fingerprint density at radius 2 is 2.00 bits per heavy atom. The highest BCUT2D eigenvalue weighted by Gasteiger charge is 2.15. The number of hydrogen-bond donors (Lipinski definition) is 1. The average molecular weight is 423 g/mol. The lowest BCUT2D eigenvalue weighted by Crippen LogP contribution is -2.25. The smallest absolute Gasteiger partial charge is 0.407 e. The molecular weight excluding hydrogens is 402 g/mol. The number of fused-ring (bicyclic) bond motifs is 2. The van der Waals surface area contributed by atoms with Crippen LogP contribution in [0.4, 0.5) is 5.69 Å². The molecule has 31 heavy (non-hydrogen) atoms. The molecule has 2 heterocycles. The minimum Gasteiger partial charge on any atom is -0.407 e. The Labute approximate surface area is 176 Å². The molecule has 1 amide bonds. The molecule has 0 saturated heterocycles. The van der Waals surface area contributed by atoms with E-state index in [0.717, 1.165) is 23.4 Å². The number of amides is 1. The van der Waals surface area contributed by atoms with E-state index in [1.807, 2.05) is 31.2 Å². The Hall–Kier alpha value is -3.95. The van der Waals surface area contributed by atoms with E-state index in [0.29, 0.717) is 18.5 Å². The van der Waals surface area contributed by atoms with Gasteiger partial charge in [0.05, 0.1) is 34.1 Å². The predicted octanol–water partition coefficient (Wildman–Crippen LogP) is 2.97. The van der Waals surface area contributed by atoms with E-state index in [1.54, 1.807) is 0 Å². The standard InChI is InChI=1S/C21H21N5O5/c1-2-24-16-7-4-3-6-15(16)23-19(24)13-22-20(27)8-5-11-25-17-10-9-14(26(29)30)12-18(17)31-21(25)28/h3-4,6-7,9-10,12H,2,5,8,11,13H2,1H3,(H,22,27). The molecule has 0 saturated carbocycles. The molecule has 10 nitrogen and oxygen atoms in total. The number of aromatic nitrogens is 3. The van der Waals surface area contributed by atoms with Gasteiger partial charge in [-0.2, -0.15) is 0 Å². The van der Waals surface area contributed by atoms with E-state index in [4.69, 9.17) is 4.42 Å². The Morgan fingerprint density at radius 1 is 1.19 bits per heavy atom. The summed E-state index contributed by atoms with van der Waals surface area (Å²) in [7, 11) is 0. The summed E-state index contributed by atoms with van der Waals surface area (Å²) in [4.78, 5) is 39.3. The molecule has 2 aromatic carbocycles. The van der Waals surface area contributed by atoms with Crippen LogP contribution in [0.1, 0.15) is 25.6 Å². The molecule has 2 aromatic heterocycles. The summed E-state index contributed by atoms with van der Waals surface area (Å²) in [6.07, 6.45) is 0.639. The quantitative estimate of drug-likeness (QED) is 0.343. The number of imidazole rings is 1. The molecule has 0 unspecified atom stereocenters. The van der Waals surface area contributed by atoms with E-state index < -0.39 is 10.7 Å². The molecule has 160 valence electrons. The van der Waals surface area contributed by atoms with Crippen molar-refractivity contribution in [2.75, 3.05) is 0 Å². The van der Waals surface area contributed by atoms with Crippen molar-refractivity contribution in [2.45, 2.75) is 39.4 Å². The van der Waals surface area contributed by atoms with Gasteiger partial charge in [-0.05, 0) is 31.5 Å². The number of non-ortho nitro benzene ring substituents is 1. The molecule has 0 atom stereocenters. The molecule has 0 fully saturated rings. The van der Waals surface area contributed by atoms with Crippen molar-refractivity contribution >= 4 is 33.7 Å². The normalized spacial score (nSPS) is 11.3. The van der Waals surface area contributed by atoms with Gasteiger partial charge in [0.1, 0.15) is 5.82 Å². The maximum Gasteiger partial charge on any atom is 0.419 e. The topological polar surface area (TPSA) is 125 Å². The van der Waals surface area contributed by atoms with Crippen LogP contribution in [0.3, 0.4) is 0 Å². The largest absolute Gasteiger partial charge is 0.419 e. The molecular formula is C21H21N5O5. The molecule has 0 aliphatic carbocycles. The summed E-state index contributed by atoms with van der Waals surface area (Å²) in [5.41, 5.74) is 2.39. The van der Waals surface area contributed by atoms with Crippen LogP contribution >= 0.6 is 0 Å². The Balaban J connectivity index is 1.36. The maximum absolute atomic E-state index is 12.3. The Morgan fingerprint density at radius 3 is 2.77 bits per heavy atom.